The molecule has 2 N–H and O–H groups in total. The minimum Gasteiger partial charge on any atom is -0.337 e. The summed E-state index contributed by atoms with van der Waals surface area (Å²) in [5, 5.41) is 0. The molecule has 1 amide bonds. The number of hydrogen-bond acceptors (Lipinski definition) is 3. The molecule has 90 valence electrons. The van der Waals surface area contributed by atoms with Gasteiger partial charge in [-0.25, -0.2) is 4.98 Å². The Labute approximate surface area is 96.3 Å². The van der Waals surface area contributed by atoms with Crippen LogP contribution in [0.15, 0.2) is 12.4 Å². The van der Waals surface area contributed by atoms with E-state index >= 15 is 0 Å². The van der Waals surface area contributed by atoms with Gasteiger partial charge in [0.2, 0.25) is 5.91 Å². The fourth-order valence-corrected chi connectivity index (χ4v) is 1.38. The van der Waals surface area contributed by atoms with Gasteiger partial charge in [-0.3, -0.25) is 4.79 Å². The van der Waals surface area contributed by atoms with Crippen molar-refractivity contribution in [3.63, 3.8) is 0 Å². The van der Waals surface area contributed by atoms with Gasteiger partial charge in [0.05, 0.1) is 12.6 Å². The molecule has 5 heteroatoms. The molecule has 0 unspecified atom stereocenters. The number of amides is 1. The van der Waals surface area contributed by atoms with E-state index in [-0.39, 0.29) is 11.8 Å². The number of nitrogens with two attached hydrogens (primary N) is 1. The van der Waals surface area contributed by atoms with E-state index in [1.54, 1.807) is 18.1 Å². The fourth-order valence-electron chi connectivity index (χ4n) is 1.38. The maximum atomic E-state index is 11.9. The smallest absolute Gasteiger partial charge is 0.239 e. The number of imidazole rings is 1. The first-order chi connectivity index (χ1) is 7.43. The molecule has 1 rings (SSSR count). The zero-order valence-electron chi connectivity index (χ0n) is 10.3. The lowest BCUT2D eigenvalue weighted by Crippen LogP contribution is -2.44. The van der Waals surface area contributed by atoms with Crippen molar-refractivity contribution >= 4 is 5.91 Å². The van der Waals surface area contributed by atoms with Crippen molar-refractivity contribution in [2.24, 2.45) is 18.7 Å². The molecule has 1 heterocycles. The summed E-state index contributed by atoms with van der Waals surface area (Å²) in [5.41, 5.74) is 5.81. The molecule has 0 bridgehead atoms. The minimum absolute atomic E-state index is 0.0435. The third kappa shape index (κ3) is 2.82. The molecular weight excluding hydrogens is 204 g/mol. The van der Waals surface area contributed by atoms with Crippen molar-refractivity contribution in [1.29, 1.82) is 0 Å². The summed E-state index contributed by atoms with van der Waals surface area (Å²) >= 11 is 0. The Morgan fingerprint density at radius 3 is 2.69 bits per heavy atom. The van der Waals surface area contributed by atoms with Crippen molar-refractivity contribution in [2.45, 2.75) is 26.4 Å². The van der Waals surface area contributed by atoms with Crippen molar-refractivity contribution in [3.05, 3.63) is 18.2 Å². The highest BCUT2D eigenvalue weighted by Crippen LogP contribution is 2.05. The topological polar surface area (TPSA) is 64.2 Å². The summed E-state index contributed by atoms with van der Waals surface area (Å²) < 4.78 is 1.89. The highest BCUT2D eigenvalue weighted by Gasteiger charge is 2.21. The van der Waals surface area contributed by atoms with E-state index in [4.69, 9.17) is 5.73 Å². The van der Waals surface area contributed by atoms with Gasteiger partial charge >= 0.3 is 0 Å². The zero-order valence-corrected chi connectivity index (χ0v) is 10.3. The first kappa shape index (κ1) is 12.7. The second kappa shape index (κ2) is 5.12. The summed E-state index contributed by atoms with van der Waals surface area (Å²) in [5.74, 6) is 0.959. The highest BCUT2D eigenvalue weighted by molar-refractivity contribution is 5.81. The van der Waals surface area contributed by atoms with Crippen molar-refractivity contribution < 1.29 is 4.79 Å². The van der Waals surface area contributed by atoms with Crippen LogP contribution in [0.1, 0.15) is 19.7 Å². The molecule has 0 aliphatic rings. The highest BCUT2D eigenvalue weighted by atomic mass is 16.2. The molecule has 0 spiro atoms. The lowest BCUT2D eigenvalue weighted by Gasteiger charge is -2.23. The summed E-state index contributed by atoms with van der Waals surface area (Å²) in [6, 6.07) is -0.440. The van der Waals surface area contributed by atoms with Crippen molar-refractivity contribution in [2.75, 3.05) is 7.05 Å². The number of rotatable bonds is 4. The second-order valence-electron chi connectivity index (χ2n) is 4.42. The third-order valence-electron chi connectivity index (χ3n) is 2.68. The van der Waals surface area contributed by atoms with E-state index in [0.717, 1.165) is 5.82 Å². The van der Waals surface area contributed by atoms with Gasteiger partial charge in [-0.2, -0.15) is 0 Å². The summed E-state index contributed by atoms with van der Waals surface area (Å²) in [6.45, 7) is 4.37. The van der Waals surface area contributed by atoms with Crippen LogP contribution in [0.3, 0.4) is 0 Å². The monoisotopic (exact) mass is 224 g/mol. The predicted molar refractivity (Wildman–Crippen MR) is 62.5 cm³/mol. The van der Waals surface area contributed by atoms with Crippen LogP contribution in [0.25, 0.3) is 0 Å². The molecule has 0 fully saturated rings. The van der Waals surface area contributed by atoms with Crippen LogP contribution in [0.4, 0.5) is 0 Å². The number of carbonyl (C=O) groups excluding carboxylic acids is 1. The SMILES string of the molecule is CC(C)[C@@H](N)C(=O)N(C)Cc1nccn1C. The Morgan fingerprint density at radius 2 is 2.25 bits per heavy atom. The zero-order chi connectivity index (χ0) is 12.3. The molecule has 0 aliphatic carbocycles. The fraction of sp³-hybridized carbons (Fsp3) is 0.636. The van der Waals surface area contributed by atoms with Gasteiger partial charge in [0, 0.05) is 26.5 Å². The van der Waals surface area contributed by atoms with E-state index in [2.05, 4.69) is 4.98 Å². The van der Waals surface area contributed by atoms with E-state index in [1.807, 2.05) is 31.7 Å². The maximum absolute atomic E-state index is 11.9. The normalized spacial score (nSPS) is 12.9. The van der Waals surface area contributed by atoms with Gasteiger partial charge in [0.15, 0.2) is 0 Å². The molecule has 0 aliphatic heterocycles. The van der Waals surface area contributed by atoms with Crippen LogP contribution in [0, 0.1) is 5.92 Å². The Bertz CT molecular complexity index is 359. The maximum Gasteiger partial charge on any atom is 0.239 e. The number of hydrogen-bond donors (Lipinski definition) is 1. The molecule has 5 nitrogen and oxygen atoms in total. The number of nitrogens with zero attached hydrogens (tertiary/aromatic N) is 3. The van der Waals surface area contributed by atoms with E-state index in [9.17, 15) is 4.79 Å². The van der Waals surface area contributed by atoms with Gasteiger partial charge in [-0.15, -0.1) is 0 Å². The van der Waals surface area contributed by atoms with Gasteiger partial charge in [-0.05, 0) is 5.92 Å². The molecule has 1 atom stereocenters. The summed E-state index contributed by atoms with van der Waals surface area (Å²) in [7, 11) is 3.66. The van der Waals surface area contributed by atoms with Crippen LogP contribution in [0.2, 0.25) is 0 Å². The van der Waals surface area contributed by atoms with Crippen LogP contribution < -0.4 is 5.73 Å². The van der Waals surface area contributed by atoms with Crippen molar-refractivity contribution in [1.82, 2.24) is 14.5 Å². The molecule has 0 saturated heterocycles. The van der Waals surface area contributed by atoms with Crippen LogP contribution in [-0.2, 0) is 18.4 Å². The molecule has 0 aromatic carbocycles. The van der Waals surface area contributed by atoms with Crippen molar-refractivity contribution in [3.8, 4) is 0 Å². The van der Waals surface area contributed by atoms with E-state index in [1.165, 1.54) is 0 Å². The van der Waals surface area contributed by atoms with Gasteiger partial charge in [0.25, 0.3) is 0 Å². The lowest BCUT2D eigenvalue weighted by atomic mass is 10.0. The number of likely N-dealkylation sites (N-methyl/N-ethyl adjacent to an activating group) is 1. The minimum atomic E-state index is -0.440. The number of aryl methyl sites for hydroxylation is 1. The Kier molecular flexibility index (Phi) is 4.06. The standard InChI is InChI=1S/C11H20N4O/c1-8(2)10(12)11(16)15(4)7-9-13-5-6-14(9)3/h5-6,8,10H,7,12H2,1-4H3/t10-/m1/s1. The van der Waals surface area contributed by atoms with Gasteiger partial charge < -0.3 is 15.2 Å². The molecule has 0 saturated carbocycles. The Morgan fingerprint density at radius 1 is 1.62 bits per heavy atom. The predicted octanol–water partition coefficient (Wildman–Crippen LogP) is 0.362. The lowest BCUT2D eigenvalue weighted by molar-refractivity contribution is -0.132. The third-order valence-corrected chi connectivity index (χ3v) is 2.68. The Hall–Kier alpha value is -1.36. The average molecular weight is 224 g/mol. The number of aromatic nitrogens is 2. The summed E-state index contributed by atoms with van der Waals surface area (Å²) in [6.07, 6.45) is 3.58. The van der Waals surface area contributed by atoms with Crippen LogP contribution >= 0.6 is 0 Å². The molecule has 1 aromatic rings. The van der Waals surface area contributed by atoms with Crippen LogP contribution in [-0.4, -0.2) is 33.4 Å². The first-order valence-electron chi connectivity index (χ1n) is 5.40. The van der Waals surface area contributed by atoms with E-state index < -0.39 is 6.04 Å². The van der Waals surface area contributed by atoms with Crippen LogP contribution in [0.5, 0.6) is 0 Å². The second-order valence-corrected chi connectivity index (χ2v) is 4.42. The number of carbonyl (C=O) groups is 1. The Balaban J connectivity index is 2.62. The summed E-state index contributed by atoms with van der Waals surface area (Å²) in [4.78, 5) is 17.7. The first-order valence-corrected chi connectivity index (χ1v) is 5.40. The molecule has 1 aromatic heterocycles. The quantitative estimate of drug-likeness (QED) is 0.803. The van der Waals surface area contributed by atoms with E-state index in [0.29, 0.717) is 6.54 Å². The van der Waals surface area contributed by atoms with Gasteiger partial charge in [0.1, 0.15) is 5.82 Å². The molecule has 0 radical (unpaired) electrons. The van der Waals surface area contributed by atoms with Gasteiger partial charge in [-0.1, -0.05) is 13.8 Å². The molecular formula is C11H20N4O. The average Bonchev–Trinajstić information content (AvgIpc) is 2.62. The largest absolute Gasteiger partial charge is 0.337 e. The molecule has 16 heavy (non-hydrogen) atoms.